The van der Waals surface area contributed by atoms with Crippen LogP contribution in [0.2, 0.25) is 0 Å². The number of allylic oxidation sites excluding steroid dienone is 3. The lowest BCUT2D eigenvalue weighted by Crippen LogP contribution is -2.13. The van der Waals surface area contributed by atoms with Crippen LogP contribution < -0.4 is 0 Å². The van der Waals surface area contributed by atoms with E-state index in [2.05, 4.69) is 56.0 Å². The molecule has 0 aliphatic heterocycles. The fourth-order valence-electron chi connectivity index (χ4n) is 4.37. The van der Waals surface area contributed by atoms with Gasteiger partial charge in [0.25, 0.3) is 0 Å². The minimum atomic E-state index is 0. The van der Waals surface area contributed by atoms with Gasteiger partial charge in [0.2, 0.25) is 0 Å². The molecular formula is C23H36. The van der Waals surface area contributed by atoms with Crippen molar-refractivity contribution in [1.29, 1.82) is 0 Å². The molecule has 2 fully saturated rings. The third-order valence-electron chi connectivity index (χ3n) is 6.13. The van der Waals surface area contributed by atoms with E-state index in [1.165, 1.54) is 56.9 Å². The fraction of sp³-hybridized carbons (Fsp3) is 0.565. The van der Waals surface area contributed by atoms with Gasteiger partial charge in [-0.2, -0.15) is 0 Å². The highest BCUT2D eigenvalue weighted by Crippen LogP contribution is 2.37. The number of rotatable bonds is 4. The summed E-state index contributed by atoms with van der Waals surface area (Å²) in [7, 11) is 0. The molecule has 1 aromatic rings. The third kappa shape index (κ3) is 4.59. The summed E-state index contributed by atoms with van der Waals surface area (Å²) < 4.78 is 0. The first kappa shape index (κ1) is 16.6. The molecule has 2 aliphatic rings. The van der Waals surface area contributed by atoms with Crippen molar-refractivity contribution < 1.29 is 2.85 Å². The zero-order valence-corrected chi connectivity index (χ0v) is 14.7. The predicted molar refractivity (Wildman–Crippen MR) is 105 cm³/mol. The van der Waals surface area contributed by atoms with Crippen LogP contribution >= 0.6 is 0 Å². The van der Waals surface area contributed by atoms with Crippen molar-refractivity contribution in [1.82, 2.24) is 0 Å². The van der Waals surface area contributed by atoms with Gasteiger partial charge in [0.15, 0.2) is 0 Å². The Morgan fingerprint density at radius 3 is 1.78 bits per heavy atom. The molecule has 0 saturated heterocycles. The highest BCUT2D eigenvalue weighted by Gasteiger charge is 2.22. The average molecular weight is 313 g/mol. The van der Waals surface area contributed by atoms with Crippen LogP contribution in [0.1, 0.15) is 71.3 Å². The molecule has 0 radical (unpaired) electrons. The van der Waals surface area contributed by atoms with Gasteiger partial charge in [0.1, 0.15) is 0 Å². The second kappa shape index (κ2) is 7.99. The molecule has 2 aliphatic carbocycles. The van der Waals surface area contributed by atoms with Crippen LogP contribution in [-0.4, -0.2) is 0 Å². The Bertz CT molecular complexity index is 516. The van der Waals surface area contributed by atoms with Gasteiger partial charge in [-0.05, 0) is 87.5 Å². The zero-order chi connectivity index (χ0) is 16.1. The summed E-state index contributed by atoms with van der Waals surface area (Å²) in [6, 6.07) is 9.21. The van der Waals surface area contributed by atoms with E-state index in [0.29, 0.717) is 0 Å². The Morgan fingerprint density at radius 1 is 0.783 bits per heavy atom. The van der Waals surface area contributed by atoms with Crippen molar-refractivity contribution in [3.05, 3.63) is 60.2 Å². The molecule has 0 N–H and O–H groups in total. The smallest absolute Gasteiger partial charge is 0 e. The molecular weight excluding hydrogens is 276 g/mol. The number of benzene rings is 1. The Kier molecular flexibility index (Phi) is 5.75. The molecule has 23 heavy (non-hydrogen) atoms. The largest absolute Gasteiger partial charge is 0.103 e. The van der Waals surface area contributed by atoms with Gasteiger partial charge in [-0.25, -0.2) is 0 Å². The normalized spacial score (nSPS) is 32.0. The summed E-state index contributed by atoms with van der Waals surface area (Å²) in [5.41, 5.74) is 2.93. The van der Waals surface area contributed by atoms with Crippen LogP contribution in [0.5, 0.6) is 0 Å². The highest BCUT2D eigenvalue weighted by atomic mass is 14.3. The van der Waals surface area contributed by atoms with E-state index in [1.807, 2.05) is 0 Å². The second-order valence-corrected chi connectivity index (χ2v) is 7.82. The SMILES string of the molecule is C=CC1CCC(/C=C/C2CCC(c3ccc(C)cc3)CC2)CC1.[HH].[HH]. The van der Waals surface area contributed by atoms with Crippen LogP contribution in [0, 0.1) is 24.7 Å². The lowest BCUT2D eigenvalue weighted by atomic mass is 9.77. The Hall–Kier alpha value is -1.30. The van der Waals surface area contributed by atoms with Gasteiger partial charge in [0.05, 0.1) is 0 Å². The summed E-state index contributed by atoms with van der Waals surface area (Å²) in [5.74, 6) is 3.24. The van der Waals surface area contributed by atoms with E-state index in [4.69, 9.17) is 0 Å². The van der Waals surface area contributed by atoms with E-state index < -0.39 is 0 Å². The lowest BCUT2D eigenvalue weighted by Gasteiger charge is -2.28. The van der Waals surface area contributed by atoms with Crippen LogP contribution in [0.25, 0.3) is 0 Å². The van der Waals surface area contributed by atoms with Crippen LogP contribution in [0.15, 0.2) is 49.1 Å². The van der Waals surface area contributed by atoms with E-state index in [9.17, 15) is 0 Å². The molecule has 0 heteroatoms. The lowest BCUT2D eigenvalue weighted by molar-refractivity contribution is 0.349. The van der Waals surface area contributed by atoms with Gasteiger partial charge in [-0.15, -0.1) is 6.58 Å². The molecule has 0 atom stereocenters. The first-order chi connectivity index (χ1) is 11.2. The van der Waals surface area contributed by atoms with Crippen molar-refractivity contribution in [2.75, 3.05) is 0 Å². The van der Waals surface area contributed by atoms with Crippen molar-refractivity contribution >= 4 is 0 Å². The van der Waals surface area contributed by atoms with Crippen LogP contribution in [0.4, 0.5) is 0 Å². The minimum Gasteiger partial charge on any atom is -0.103 e. The van der Waals surface area contributed by atoms with Crippen LogP contribution in [0.3, 0.4) is 0 Å². The van der Waals surface area contributed by atoms with E-state index in [1.54, 1.807) is 5.56 Å². The average Bonchev–Trinajstić information content (AvgIpc) is 2.61. The quantitative estimate of drug-likeness (QED) is 0.511. The first-order valence-corrected chi connectivity index (χ1v) is 9.62. The topological polar surface area (TPSA) is 0 Å². The van der Waals surface area contributed by atoms with E-state index in [-0.39, 0.29) is 2.85 Å². The van der Waals surface area contributed by atoms with Crippen molar-refractivity contribution in [2.24, 2.45) is 17.8 Å². The summed E-state index contributed by atoms with van der Waals surface area (Å²) in [4.78, 5) is 0. The molecule has 0 amide bonds. The van der Waals surface area contributed by atoms with Gasteiger partial charge >= 0.3 is 0 Å². The van der Waals surface area contributed by atoms with Gasteiger partial charge < -0.3 is 0 Å². The molecule has 0 aromatic heterocycles. The second-order valence-electron chi connectivity index (χ2n) is 7.82. The molecule has 2 saturated carbocycles. The fourth-order valence-corrected chi connectivity index (χ4v) is 4.37. The molecule has 0 bridgehead atoms. The van der Waals surface area contributed by atoms with Crippen molar-refractivity contribution in [3.8, 4) is 0 Å². The van der Waals surface area contributed by atoms with E-state index in [0.717, 1.165) is 23.7 Å². The Morgan fingerprint density at radius 2 is 1.26 bits per heavy atom. The zero-order valence-electron chi connectivity index (χ0n) is 14.7. The van der Waals surface area contributed by atoms with Gasteiger partial charge in [0, 0.05) is 2.85 Å². The number of aryl methyl sites for hydroxylation is 1. The monoisotopic (exact) mass is 312 g/mol. The number of hydrogen-bond acceptors (Lipinski definition) is 0. The van der Waals surface area contributed by atoms with Crippen molar-refractivity contribution in [3.63, 3.8) is 0 Å². The molecule has 128 valence electrons. The predicted octanol–water partition coefficient (Wildman–Crippen LogP) is 7.31. The van der Waals surface area contributed by atoms with Gasteiger partial charge in [-0.1, -0.05) is 48.1 Å². The molecule has 0 heterocycles. The van der Waals surface area contributed by atoms with Gasteiger partial charge in [-0.3, -0.25) is 0 Å². The third-order valence-corrected chi connectivity index (χ3v) is 6.13. The summed E-state index contributed by atoms with van der Waals surface area (Å²) in [6.07, 6.45) is 18.2. The summed E-state index contributed by atoms with van der Waals surface area (Å²) >= 11 is 0. The maximum absolute atomic E-state index is 3.95. The summed E-state index contributed by atoms with van der Waals surface area (Å²) in [5, 5.41) is 0. The highest BCUT2D eigenvalue weighted by molar-refractivity contribution is 5.25. The number of hydrogen-bond donors (Lipinski definition) is 0. The maximum atomic E-state index is 3.95. The Balaban J connectivity index is 0.00000156. The van der Waals surface area contributed by atoms with E-state index >= 15 is 0 Å². The van der Waals surface area contributed by atoms with Crippen LogP contribution in [-0.2, 0) is 0 Å². The maximum Gasteiger partial charge on any atom is 0 e. The summed E-state index contributed by atoms with van der Waals surface area (Å²) in [6.45, 7) is 6.12. The standard InChI is InChI=1S/C23H32.2H2/c1-3-19-6-8-20(9-7-19)10-11-21-12-16-23(17-13-21)22-14-4-18(2)5-15-22;;/h3-5,10-11,14-15,19-21,23H,1,6-9,12-13,16-17H2,2H3;2*1H/b11-10+;;. The molecule has 1 aromatic carbocycles. The molecule has 0 nitrogen and oxygen atoms in total. The minimum absolute atomic E-state index is 0. The molecule has 0 spiro atoms. The van der Waals surface area contributed by atoms with Crippen molar-refractivity contribution in [2.45, 2.75) is 64.2 Å². The molecule has 0 unspecified atom stereocenters. The Labute approximate surface area is 145 Å². The molecule has 3 rings (SSSR count). The first-order valence-electron chi connectivity index (χ1n) is 9.62.